The van der Waals surface area contributed by atoms with Gasteiger partial charge in [0, 0.05) is 17.7 Å². The lowest BCUT2D eigenvalue weighted by Gasteiger charge is -2.19. The second-order valence-corrected chi connectivity index (χ2v) is 7.49. The molecule has 0 spiro atoms. The van der Waals surface area contributed by atoms with Crippen molar-refractivity contribution in [1.82, 2.24) is 4.98 Å². The number of oxazole rings is 1. The van der Waals surface area contributed by atoms with Crippen LogP contribution in [0.15, 0.2) is 46.9 Å². The topological polar surface area (TPSA) is 107 Å². The number of anilines is 1. The molecular weight excluding hydrogens is 374 g/mol. The highest BCUT2D eigenvalue weighted by Crippen LogP contribution is 2.40. The van der Waals surface area contributed by atoms with Gasteiger partial charge in [-0.25, -0.2) is 4.98 Å². The molecule has 1 aromatic heterocycles. The number of rotatable bonds is 3. The lowest BCUT2D eigenvalue weighted by molar-refractivity contribution is -0.384. The van der Waals surface area contributed by atoms with Crippen molar-refractivity contribution in [1.29, 1.82) is 0 Å². The SMILES string of the molecule is O=C1C2CCCCC2C(=O)N1c1cccc(-c2nc3cc([N+](=O)[O-])ccc3o2)c1. The number of nitrogens with zero attached hydrogens (tertiary/aromatic N) is 3. The number of amides is 2. The van der Waals surface area contributed by atoms with Crippen molar-refractivity contribution in [2.75, 3.05) is 4.90 Å². The first-order chi connectivity index (χ1) is 14.0. The van der Waals surface area contributed by atoms with Crippen LogP contribution in [0.1, 0.15) is 25.7 Å². The number of hydrogen-bond donors (Lipinski definition) is 0. The molecule has 8 nitrogen and oxygen atoms in total. The smallest absolute Gasteiger partial charge is 0.271 e. The van der Waals surface area contributed by atoms with Crippen molar-refractivity contribution in [2.24, 2.45) is 11.8 Å². The number of nitro groups is 1. The Hall–Kier alpha value is -3.55. The van der Waals surface area contributed by atoms with Crippen molar-refractivity contribution in [3.63, 3.8) is 0 Å². The lowest BCUT2D eigenvalue weighted by Crippen LogP contribution is -2.30. The molecule has 2 unspecified atom stereocenters. The molecule has 2 fully saturated rings. The Labute approximate surface area is 165 Å². The number of aromatic nitrogens is 1. The first-order valence-corrected chi connectivity index (χ1v) is 9.56. The molecule has 0 radical (unpaired) electrons. The van der Waals surface area contributed by atoms with E-state index < -0.39 is 4.92 Å². The Kier molecular flexibility index (Phi) is 3.94. The summed E-state index contributed by atoms with van der Waals surface area (Å²) in [6, 6.07) is 11.1. The second-order valence-electron chi connectivity index (χ2n) is 7.49. The van der Waals surface area contributed by atoms with Crippen LogP contribution in [0.2, 0.25) is 0 Å². The molecule has 2 amide bonds. The molecule has 5 rings (SSSR count). The molecule has 1 aliphatic heterocycles. The van der Waals surface area contributed by atoms with Crippen LogP contribution in [0, 0.1) is 22.0 Å². The van der Waals surface area contributed by atoms with Gasteiger partial charge in [0.2, 0.25) is 17.7 Å². The van der Waals surface area contributed by atoms with E-state index >= 15 is 0 Å². The molecule has 1 aliphatic carbocycles. The highest BCUT2D eigenvalue weighted by atomic mass is 16.6. The molecule has 2 aliphatic rings. The number of non-ortho nitro benzene ring substituents is 1. The minimum atomic E-state index is -0.488. The zero-order valence-electron chi connectivity index (χ0n) is 15.4. The van der Waals surface area contributed by atoms with Crippen LogP contribution in [0.4, 0.5) is 11.4 Å². The van der Waals surface area contributed by atoms with Crippen LogP contribution in [0.25, 0.3) is 22.6 Å². The number of nitro benzene ring substituents is 1. The van der Waals surface area contributed by atoms with Crippen molar-refractivity contribution in [2.45, 2.75) is 25.7 Å². The van der Waals surface area contributed by atoms with Crippen LogP contribution in [0.3, 0.4) is 0 Å². The fourth-order valence-electron chi connectivity index (χ4n) is 4.35. The normalized spacial score (nSPS) is 21.6. The summed E-state index contributed by atoms with van der Waals surface area (Å²) in [5.74, 6) is -0.427. The Bertz CT molecular complexity index is 1140. The Morgan fingerprint density at radius 3 is 2.45 bits per heavy atom. The van der Waals surface area contributed by atoms with E-state index in [1.165, 1.54) is 23.1 Å². The maximum absolute atomic E-state index is 12.8. The van der Waals surface area contributed by atoms with Gasteiger partial charge < -0.3 is 4.42 Å². The summed E-state index contributed by atoms with van der Waals surface area (Å²) in [7, 11) is 0. The fraction of sp³-hybridized carbons (Fsp3) is 0.286. The summed E-state index contributed by atoms with van der Waals surface area (Å²) < 4.78 is 5.73. The van der Waals surface area contributed by atoms with E-state index in [9.17, 15) is 19.7 Å². The van der Waals surface area contributed by atoms with Gasteiger partial charge in [0.15, 0.2) is 5.58 Å². The van der Waals surface area contributed by atoms with E-state index in [-0.39, 0.29) is 35.2 Å². The third kappa shape index (κ3) is 2.79. The van der Waals surface area contributed by atoms with E-state index in [4.69, 9.17) is 4.42 Å². The summed E-state index contributed by atoms with van der Waals surface area (Å²) in [5.41, 5.74) is 1.83. The monoisotopic (exact) mass is 391 g/mol. The first kappa shape index (κ1) is 17.5. The number of imide groups is 1. The predicted molar refractivity (Wildman–Crippen MR) is 104 cm³/mol. The average molecular weight is 391 g/mol. The quantitative estimate of drug-likeness (QED) is 0.378. The van der Waals surface area contributed by atoms with Crippen molar-refractivity contribution in [3.8, 4) is 11.5 Å². The standard InChI is InChI=1S/C21H17N3O5/c25-20-15-6-1-2-7-16(15)21(26)23(20)13-5-3-4-12(10-13)19-22-17-11-14(24(27)28)8-9-18(17)29-19/h3-5,8-11,15-16H,1-2,6-7H2. The molecule has 1 saturated heterocycles. The Morgan fingerprint density at radius 2 is 1.76 bits per heavy atom. The number of benzene rings is 2. The number of fused-ring (bicyclic) bond motifs is 2. The third-order valence-electron chi connectivity index (χ3n) is 5.77. The van der Waals surface area contributed by atoms with Crippen LogP contribution in [-0.4, -0.2) is 21.7 Å². The maximum atomic E-state index is 12.8. The largest absolute Gasteiger partial charge is 0.436 e. The van der Waals surface area contributed by atoms with E-state index in [1.54, 1.807) is 24.3 Å². The summed E-state index contributed by atoms with van der Waals surface area (Å²) >= 11 is 0. The van der Waals surface area contributed by atoms with Crippen LogP contribution in [0.5, 0.6) is 0 Å². The number of carbonyl (C=O) groups is 2. The highest BCUT2D eigenvalue weighted by molar-refractivity contribution is 6.22. The van der Waals surface area contributed by atoms with Gasteiger partial charge >= 0.3 is 0 Å². The minimum absolute atomic E-state index is 0.0676. The Morgan fingerprint density at radius 1 is 1.03 bits per heavy atom. The van der Waals surface area contributed by atoms with Gasteiger partial charge in [-0.3, -0.25) is 24.6 Å². The number of carbonyl (C=O) groups excluding carboxylic acids is 2. The van der Waals surface area contributed by atoms with E-state index in [0.29, 0.717) is 22.4 Å². The zero-order chi connectivity index (χ0) is 20.1. The summed E-state index contributed by atoms with van der Waals surface area (Å²) in [5, 5.41) is 11.0. The van der Waals surface area contributed by atoms with Crippen molar-refractivity contribution < 1.29 is 18.9 Å². The molecule has 1 saturated carbocycles. The summed E-state index contributed by atoms with van der Waals surface area (Å²) in [6.45, 7) is 0. The first-order valence-electron chi connectivity index (χ1n) is 9.56. The molecule has 2 heterocycles. The molecule has 146 valence electrons. The fourth-order valence-corrected chi connectivity index (χ4v) is 4.35. The van der Waals surface area contributed by atoms with E-state index in [1.807, 2.05) is 0 Å². The van der Waals surface area contributed by atoms with E-state index in [2.05, 4.69) is 4.98 Å². The minimum Gasteiger partial charge on any atom is -0.436 e. The van der Waals surface area contributed by atoms with Crippen LogP contribution < -0.4 is 4.90 Å². The second kappa shape index (κ2) is 6.51. The summed E-state index contributed by atoms with van der Waals surface area (Å²) in [6.07, 6.45) is 3.47. The molecular formula is C21H17N3O5. The molecule has 2 aromatic carbocycles. The zero-order valence-corrected chi connectivity index (χ0v) is 15.4. The Balaban J connectivity index is 1.52. The van der Waals surface area contributed by atoms with Gasteiger partial charge in [-0.1, -0.05) is 18.9 Å². The van der Waals surface area contributed by atoms with E-state index in [0.717, 1.165) is 25.7 Å². The van der Waals surface area contributed by atoms with Crippen LogP contribution >= 0.6 is 0 Å². The highest BCUT2D eigenvalue weighted by Gasteiger charge is 2.48. The van der Waals surface area contributed by atoms with Gasteiger partial charge in [-0.2, -0.15) is 0 Å². The summed E-state index contributed by atoms with van der Waals surface area (Å²) in [4.78, 5) is 41.8. The van der Waals surface area contributed by atoms with Gasteiger partial charge in [0.25, 0.3) is 5.69 Å². The lowest BCUT2D eigenvalue weighted by atomic mass is 9.81. The van der Waals surface area contributed by atoms with Gasteiger partial charge in [-0.15, -0.1) is 0 Å². The van der Waals surface area contributed by atoms with Crippen LogP contribution in [-0.2, 0) is 9.59 Å². The maximum Gasteiger partial charge on any atom is 0.271 e. The van der Waals surface area contributed by atoms with Gasteiger partial charge in [0.05, 0.1) is 22.4 Å². The van der Waals surface area contributed by atoms with Crippen molar-refractivity contribution >= 4 is 34.3 Å². The molecule has 29 heavy (non-hydrogen) atoms. The molecule has 3 aromatic rings. The molecule has 0 bridgehead atoms. The van der Waals surface area contributed by atoms with Gasteiger partial charge in [0.1, 0.15) is 5.52 Å². The van der Waals surface area contributed by atoms with Gasteiger partial charge in [-0.05, 0) is 37.1 Å². The molecule has 0 N–H and O–H groups in total. The molecule has 8 heteroatoms. The third-order valence-corrected chi connectivity index (χ3v) is 5.77. The predicted octanol–water partition coefficient (Wildman–Crippen LogP) is 4.08. The average Bonchev–Trinajstić information content (AvgIpc) is 3.27. The molecule has 2 atom stereocenters. The van der Waals surface area contributed by atoms with Crippen molar-refractivity contribution in [3.05, 3.63) is 52.6 Å². The number of hydrogen-bond acceptors (Lipinski definition) is 6.